The lowest BCUT2D eigenvalue weighted by molar-refractivity contribution is 0.180. The molecule has 0 aliphatic carbocycles. The lowest BCUT2D eigenvalue weighted by atomic mass is 9.97. The fourth-order valence-electron chi connectivity index (χ4n) is 2.50. The van der Waals surface area contributed by atoms with Crippen molar-refractivity contribution in [3.05, 3.63) is 48.3 Å². The first kappa shape index (κ1) is 12.3. The van der Waals surface area contributed by atoms with Crippen LogP contribution in [0, 0.1) is 5.92 Å². The molecule has 0 saturated carbocycles. The number of aromatic nitrogens is 3. The zero-order valence-corrected chi connectivity index (χ0v) is 10.8. The molecular weight excluding hydrogens is 240 g/mol. The van der Waals surface area contributed by atoms with Crippen LogP contribution in [0.4, 0.5) is 0 Å². The summed E-state index contributed by atoms with van der Waals surface area (Å²) in [6.45, 7) is 2.34. The van der Waals surface area contributed by atoms with E-state index in [2.05, 4.69) is 14.5 Å². The molecule has 2 unspecified atom stereocenters. The summed E-state index contributed by atoms with van der Waals surface area (Å²) in [5.41, 5.74) is 8.62. The molecule has 2 N–H and O–H groups in total. The summed E-state index contributed by atoms with van der Waals surface area (Å²) in [7, 11) is 0. The van der Waals surface area contributed by atoms with E-state index in [1.807, 2.05) is 24.7 Å². The van der Waals surface area contributed by atoms with Gasteiger partial charge in [0.15, 0.2) is 0 Å². The van der Waals surface area contributed by atoms with Gasteiger partial charge in [0.25, 0.3) is 0 Å². The van der Waals surface area contributed by atoms with E-state index in [0.717, 1.165) is 31.9 Å². The van der Waals surface area contributed by atoms with Crippen LogP contribution in [0.2, 0.25) is 0 Å². The molecule has 0 aromatic carbocycles. The number of imidazole rings is 1. The minimum absolute atomic E-state index is 0.00756. The van der Waals surface area contributed by atoms with E-state index in [9.17, 15) is 0 Å². The molecule has 5 heteroatoms. The Bertz CT molecular complexity index is 519. The van der Waals surface area contributed by atoms with Gasteiger partial charge in [-0.05, 0) is 24.1 Å². The summed E-state index contributed by atoms with van der Waals surface area (Å²) in [5.74, 6) is 0.396. The molecule has 100 valence electrons. The van der Waals surface area contributed by atoms with E-state index in [1.165, 1.54) is 5.56 Å². The minimum Gasteiger partial charge on any atom is -0.381 e. The summed E-state index contributed by atoms with van der Waals surface area (Å²) < 4.78 is 7.53. The molecule has 1 fully saturated rings. The molecule has 1 aliphatic heterocycles. The van der Waals surface area contributed by atoms with Crippen molar-refractivity contribution < 1.29 is 4.74 Å². The number of nitrogens with two attached hydrogens (primary N) is 1. The Kier molecular flexibility index (Phi) is 3.57. The minimum atomic E-state index is -0.00756. The summed E-state index contributed by atoms with van der Waals surface area (Å²) >= 11 is 0. The van der Waals surface area contributed by atoms with Gasteiger partial charge >= 0.3 is 0 Å². The van der Waals surface area contributed by atoms with Crippen LogP contribution in [0.5, 0.6) is 0 Å². The summed E-state index contributed by atoms with van der Waals surface area (Å²) in [6.07, 6.45) is 8.34. The summed E-state index contributed by atoms with van der Waals surface area (Å²) in [4.78, 5) is 8.27. The molecule has 2 aromatic heterocycles. The van der Waals surface area contributed by atoms with Crippen LogP contribution in [0.1, 0.15) is 23.7 Å². The molecule has 19 heavy (non-hydrogen) atoms. The highest BCUT2D eigenvalue weighted by Gasteiger charge is 2.26. The maximum absolute atomic E-state index is 6.35. The molecule has 0 amide bonds. The number of hydrogen-bond acceptors (Lipinski definition) is 4. The van der Waals surface area contributed by atoms with Gasteiger partial charge in [-0.3, -0.25) is 4.98 Å². The largest absolute Gasteiger partial charge is 0.381 e. The van der Waals surface area contributed by atoms with Crippen LogP contribution >= 0.6 is 0 Å². The average Bonchev–Trinajstić information content (AvgIpc) is 3.10. The first-order chi connectivity index (χ1) is 9.34. The van der Waals surface area contributed by atoms with Crippen LogP contribution in [0.3, 0.4) is 0 Å². The van der Waals surface area contributed by atoms with Crippen LogP contribution < -0.4 is 5.73 Å². The average molecular weight is 258 g/mol. The standard InChI is InChI=1S/C14H18N4O/c15-14(12-3-6-19-9-12)13-7-17-10-18(13)8-11-1-4-16-5-2-11/h1-2,4-5,7,10,12,14H,3,6,8-9,15H2. The van der Waals surface area contributed by atoms with E-state index >= 15 is 0 Å². The van der Waals surface area contributed by atoms with Gasteiger partial charge in [-0.1, -0.05) is 0 Å². The van der Waals surface area contributed by atoms with Gasteiger partial charge < -0.3 is 15.0 Å². The maximum Gasteiger partial charge on any atom is 0.0951 e. The first-order valence-corrected chi connectivity index (χ1v) is 6.57. The Morgan fingerprint density at radius 2 is 2.21 bits per heavy atom. The third-order valence-electron chi connectivity index (χ3n) is 3.66. The molecule has 5 nitrogen and oxygen atoms in total. The van der Waals surface area contributed by atoms with Crippen molar-refractivity contribution in [2.75, 3.05) is 13.2 Å². The summed E-state index contributed by atoms with van der Waals surface area (Å²) in [5, 5.41) is 0. The molecule has 2 atom stereocenters. The molecule has 0 spiro atoms. The number of ether oxygens (including phenoxy) is 1. The Hall–Kier alpha value is -1.72. The zero-order chi connectivity index (χ0) is 13.1. The van der Waals surface area contributed by atoms with Crippen LogP contribution in [0.25, 0.3) is 0 Å². The molecule has 0 radical (unpaired) electrons. The Morgan fingerprint density at radius 1 is 1.37 bits per heavy atom. The van der Waals surface area contributed by atoms with Gasteiger partial charge in [0.05, 0.1) is 24.7 Å². The topological polar surface area (TPSA) is 66.0 Å². The number of pyridine rings is 1. The molecule has 2 aromatic rings. The van der Waals surface area contributed by atoms with Crippen LogP contribution in [-0.4, -0.2) is 27.7 Å². The Balaban J connectivity index is 1.78. The van der Waals surface area contributed by atoms with Crippen molar-refractivity contribution in [3.63, 3.8) is 0 Å². The van der Waals surface area contributed by atoms with E-state index in [0.29, 0.717) is 5.92 Å². The molecule has 0 bridgehead atoms. The van der Waals surface area contributed by atoms with Crippen LogP contribution in [0.15, 0.2) is 37.1 Å². The van der Waals surface area contributed by atoms with Gasteiger partial charge in [0.1, 0.15) is 0 Å². The highest BCUT2D eigenvalue weighted by Crippen LogP contribution is 2.26. The molecule has 3 heterocycles. The maximum atomic E-state index is 6.35. The second kappa shape index (κ2) is 5.50. The summed E-state index contributed by atoms with van der Waals surface area (Å²) in [6, 6.07) is 4.01. The lowest BCUT2D eigenvalue weighted by Crippen LogP contribution is -2.24. The predicted molar refractivity (Wildman–Crippen MR) is 71.4 cm³/mol. The van der Waals surface area contributed by atoms with Crippen molar-refractivity contribution in [3.8, 4) is 0 Å². The van der Waals surface area contributed by atoms with Crippen molar-refractivity contribution >= 4 is 0 Å². The highest BCUT2D eigenvalue weighted by atomic mass is 16.5. The van der Waals surface area contributed by atoms with E-state index in [1.54, 1.807) is 12.4 Å². The second-order valence-electron chi connectivity index (χ2n) is 4.95. The first-order valence-electron chi connectivity index (χ1n) is 6.57. The Labute approximate surface area is 112 Å². The van der Waals surface area contributed by atoms with Crippen molar-refractivity contribution in [2.45, 2.75) is 19.0 Å². The van der Waals surface area contributed by atoms with Crippen molar-refractivity contribution in [1.82, 2.24) is 14.5 Å². The van der Waals surface area contributed by atoms with Crippen molar-refractivity contribution in [2.24, 2.45) is 11.7 Å². The fourth-order valence-corrected chi connectivity index (χ4v) is 2.50. The molecule has 3 rings (SSSR count). The van der Waals surface area contributed by atoms with Gasteiger partial charge in [-0.15, -0.1) is 0 Å². The monoisotopic (exact) mass is 258 g/mol. The van der Waals surface area contributed by atoms with E-state index in [4.69, 9.17) is 10.5 Å². The van der Waals surface area contributed by atoms with Gasteiger partial charge in [-0.25, -0.2) is 4.98 Å². The van der Waals surface area contributed by atoms with Gasteiger partial charge in [0, 0.05) is 37.7 Å². The molecular formula is C14H18N4O. The number of rotatable bonds is 4. The quantitative estimate of drug-likeness (QED) is 0.899. The molecule has 1 saturated heterocycles. The van der Waals surface area contributed by atoms with Crippen molar-refractivity contribution in [1.29, 1.82) is 0 Å². The third kappa shape index (κ3) is 2.67. The molecule has 1 aliphatic rings. The highest BCUT2D eigenvalue weighted by molar-refractivity contribution is 5.14. The van der Waals surface area contributed by atoms with Crippen LogP contribution in [-0.2, 0) is 11.3 Å². The van der Waals surface area contributed by atoms with E-state index < -0.39 is 0 Å². The lowest BCUT2D eigenvalue weighted by Gasteiger charge is -2.19. The smallest absolute Gasteiger partial charge is 0.0951 e. The van der Waals surface area contributed by atoms with Gasteiger partial charge in [-0.2, -0.15) is 0 Å². The number of hydrogen-bond donors (Lipinski definition) is 1. The third-order valence-corrected chi connectivity index (χ3v) is 3.66. The fraction of sp³-hybridized carbons (Fsp3) is 0.429. The SMILES string of the molecule is NC(c1cncn1Cc1ccncc1)C1CCOC1. The predicted octanol–water partition coefficient (Wildman–Crippen LogP) is 1.36. The zero-order valence-electron chi connectivity index (χ0n) is 10.8. The Morgan fingerprint density at radius 3 is 2.95 bits per heavy atom. The normalized spacial score (nSPS) is 20.6. The van der Waals surface area contributed by atoms with Gasteiger partial charge in [0.2, 0.25) is 0 Å². The van der Waals surface area contributed by atoms with E-state index in [-0.39, 0.29) is 6.04 Å². The number of nitrogens with zero attached hydrogens (tertiary/aromatic N) is 3. The second-order valence-corrected chi connectivity index (χ2v) is 4.95.